The van der Waals surface area contributed by atoms with Gasteiger partial charge in [-0.2, -0.15) is 25.3 Å². The van der Waals surface area contributed by atoms with Gasteiger partial charge < -0.3 is 111 Å². The fourth-order valence-corrected chi connectivity index (χ4v) is 12.9. The number of aliphatic hydroxyl groups is 1. The van der Waals surface area contributed by atoms with Gasteiger partial charge in [0.2, 0.25) is 70.9 Å². The van der Waals surface area contributed by atoms with Crippen LogP contribution in [0.25, 0.3) is 22.0 Å². The van der Waals surface area contributed by atoms with E-state index in [9.17, 15) is 77.3 Å². The summed E-state index contributed by atoms with van der Waals surface area (Å²) in [6.07, 6.45) is 0.829. The Balaban J connectivity index is 1.20. The number of primary amides is 1. The summed E-state index contributed by atoms with van der Waals surface area (Å²) in [7, 11) is 0. The van der Waals surface area contributed by atoms with Gasteiger partial charge in [0.05, 0.1) is 13.0 Å². The molecular weight excluding hydrogens is 1450 g/mol. The Morgan fingerprint density at radius 1 is 0.667 bits per heavy atom. The predicted molar refractivity (Wildman–Crippen MR) is 398 cm³/mol. The monoisotopic (exact) mass is 1540 g/mol. The van der Waals surface area contributed by atoms with Gasteiger partial charge in [0.25, 0.3) is 0 Å². The number of carboxylic acids is 1. The zero-order valence-electron chi connectivity index (χ0n) is 58.9. The van der Waals surface area contributed by atoms with E-state index >= 15 is 0 Å². The number of H-pyrrole nitrogens is 1. The number of nitrogens with one attached hydrogen (secondary N) is 16. The normalized spacial score (nSPS) is 20.7. The van der Waals surface area contributed by atoms with Crippen LogP contribution in [0.4, 0.5) is 4.79 Å². The number of aromatic nitrogens is 1. The molecule has 7 rings (SSSR count). The highest BCUT2D eigenvalue weighted by molar-refractivity contribution is 7.80. The number of guanidine groups is 2. The molecule has 582 valence electrons. The van der Waals surface area contributed by atoms with Gasteiger partial charge in [-0.25, -0.2) is 4.79 Å². The van der Waals surface area contributed by atoms with Crippen LogP contribution in [0.2, 0.25) is 0 Å². The lowest BCUT2D eigenvalue weighted by Crippen LogP contribution is -2.61. The van der Waals surface area contributed by atoms with E-state index in [2.05, 4.69) is 99.4 Å². The Kier molecular flexibility index (Phi) is 31.7. The number of hydrogen-bond donors (Lipinski definition) is 23. The number of rotatable bonds is 29. The summed E-state index contributed by atoms with van der Waals surface area (Å²) in [6, 6.07) is 4.57. The van der Waals surface area contributed by atoms with Crippen LogP contribution in [0.3, 0.4) is 0 Å². The Hall–Kier alpha value is -11.5. The van der Waals surface area contributed by atoms with Gasteiger partial charge in [0.15, 0.2) is 11.9 Å². The summed E-state index contributed by atoms with van der Waals surface area (Å²) in [5.74, 6) is -15.7. The number of thiol groups is 2. The van der Waals surface area contributed by atoms with Crippen LogP contribution < -0.4 is 86.3 Å². The smallest absolute Gasteiger partial charge is 0.407 e. The van der Waals surface area contributed by atoms with Crippen molar-refractivity contribution in [2.24, 2.45) is 17.2 Å². The van der Waals surface area contributed by atoms with Crippen LogP contribution in [0.1, 0.15) is 87.3 Å². The minimum Gasteiger partial charge on any atom is -0.481 e. The number of carbonyl (C=O) groups is 14. The van der Waals surface area contributed by atoms with Crippen LogP contribution in [-0.4, -0.2) is 232 Å². The number of amides is 13. The van der Waals surface area contributed by atoms with Crippen LogP contribution >= 0.6 is 25.3 Å². The van der Waals surface area contributed by atoms with Gasteiger partial charge in [-0.15, -0.1) is 0 Å². The van der Waals surface area contributed by atoms with Gasteiger partial charge in [-0.1, -0.05) is 78.9 Å². The van der Waals surface area contributed by atoms with Gasteiger partial charge in [0.1, 0.15) is 79.6 Å². The standard InChI is InChI=1S/C69H92N20O17S2/c1-35(57(95)84-48(27-36-29-77-43-18-7-6-13-37(36)43)62(100)82-46(21-10-24-75-67(71)72)61(99)87-51(33-107)56(70)94)79-58(96)45-20-9-8-19-44(80-54(91)30-78-69(105)106-32-42-40-16-4-2-14-38(40)39-15-3-5-17-41(39)42)59(97)88-52(34-108)64(102)86-50(31-90)63(101)85-49(28-55(92)93)66(104)89-26-12-23-53(89)65(103)83-47(60(98)81-45)22-11-25-76-68(73)74/h2-9,13-18,29,35,42,44-53,77,90,107-108H,10-12,19-28,30-34H2,1H3,(H2,70,94)(H,78,105)(H,79,96)(H,80,91)(H,81,98)(H,82,100)(H,83,103)(H,84,95)(H,85,101)(H,86,102)(H,87,99)(H,88,97)(H,92,93)(H4,71,72,75)(H4,73,74,76)/b9-8+/t35-,44-,45-,46-,47-,48-,49-,50-,51-,52-,53-/m0/s1. The first kappa shape index (κ1) is 83.8. The molecule has 0 unspecified atom stereocenters. The van der Waals surface area contributed by atoms with Crippen molar-refractivity contribution in [3.8, 4) is 11.1 Å². The molecular formula is C69H92N20O17S2. The Labute approximate surface area is 630 Å². The maximum atomic E-state index is 14.9. The SMILES string of the molecule is C[C@H](NC(=O)[C@@H]1C/C=C/C[C@H](NC(=O)CNC(=O)OCC2c3ccccc3-c3ccccc32)C(=O)N[C@@H](CS)C(=O)N[C@@H](CO)C(=O)N[C@@H](CC(=O)O)C(=O)N2CCC[C@H]2C(=O)N[C@@H](CCCNC(=N)N)C(=O)N1)C(=O)N[C@@H](Cc1c[nH]c2ccccc12)C(=O)N[C@@H](CCCNC(=N)N)C(=O)N[C@@H](CS)C(N)=O. The molecule has 3 aliphatic rings. The molecule has 1 aromatic heterocycles. The van der Waals surface area contributed by atoms with E-state index in [1.807, 2.05) is 48.5 Å². The summed E-state index contributed by atoms with van der Waals surface area (Å²) < 4.78 is 5.59. The number of aromatic amines is 1. The zero-order valence-corrected chi connectivity index (χ0v) is 60.7. The van der Waals surface area contributed by atoms with Crippen molar-refractivity contribution in [1.82, 2.24) is 79.0 Å². The first-order chi connectivity index (χ1) is 51.6. The summed E-state index contributed by atoms with van der Waals surface area (Å²) in [5.41, 5.74) is 21.4. The molecule has 0 radical (unpaired) electrons. The van der Waals surface area contributed by atoms with E-state index in [0.29, 0.717) is 16.5 Å². The molecule has 39 heteroatoms. The Bertz CT molecular complexity index is 3980. The Morgan fingerprint density at radius 2 is 1.25 bits per heavy atom. The second-order valence-electron chi connectivity index (χ2n) is 25.7. The highest BCUT2D eigenvalue weighted by Crippen LogP contribution is 2.44. The molecule has 4 aromatic rings. The minimum absolute atomic E-state index is 0.0122. The number of ether oxygens (including phenoxy) is 1. The number of alkyl carbamates (subject to hydrolysis) is 1. The molecule has 1 aliphatic carbocycles. The lowest BCUT2D eigenvalue weighted by atomic mass is 9.98. The molecule has 1 saturated heterocycles. The molecule has 11 atom stereocenters. The van der Waals surface area contributed by atoms with Crippen molar-refractivity contribution in [2.45, 2.75) is 144 Å². The van der Waals surface area contributed by atoms with Gasteiger partial charge in [0, 0.05) is 60.6 Å². The molecule has 108 heavy (non-hydrogen) atoms. The fourth-order valence-electron chi connectivity index (χ4n) is 12.4. The second kappa shape index (κ2) is 40.9. The molecule has 2 aliphatic heterocycles. The highest BCUT2D eigenvalue weighted by atomic mass is 32.1. The molecule has 0 saturated carbocycles. The topological polar surface area (TPSA) is 590 Å². The number of fused-ring (bicyclic) bond motifs is 5. The van der Waals surface area contributed by atoms with Crippen molar-refractivity contribution in [3.63, 3.8) is 0 Å². The third-order valence-electron chi connectivity index (χ3n) is 18.0. The minimum atomic E-state index is -1.93. The van der Waals surface area contributed by atoms with E-state index in [0.717, 1.165) is 27.2 Å². The molecule has 3 aromatic carbocycles. The number of nitrogens with two attached hydrogens (primary N) is 3. The Morgan fingerprint density at radius 3 is 1.90 bits per heavy atom. The number of benzene rings is 3. The number of carbonyl (C=O) groups excluding carboxylic acids is 13. The van der Waals surface area contributed by atoms with Gasteiger partial charge in [-0.3, -0.25) is 73.1 Å². The maximum absolute atomic E-state index is 14.9. The number of hydrogen-bond acceptors (Lipinski definition) is 20. The lowest BCUT2D eigenvalue weighted by Gasteiger charge is -2.30. The summed E-state index contributed by atoms with van der Waals surface area (Å²) in [5, 5.41) is 68.7. The molecule has 24 N–H and O–H groups in total. The van der Waals surface area contributed by atoms with Gasteiger partial charge >= 0.3 is 12.1 Å². The van der Waals surface area contributed by atoms with E-state index in [-0.39, 0.29) is 88.8 Å². The second-order valence-corrected chi connectivity index (χ2v) is 26.5. The van der Waals surface area contributed by atoms with E-state index in [1.165, 1.54) is 19.1 Å². The zero-order chi connectivity index (χ0) is 78.7. The number of aliphatic hydroxyl groups excluding tert-OH is 1. The van der Waals surface area contributed by atoms with E-state index in [4.69, 9.17) is 32.8 Å². The first-order valence-corrected chi connectivity index (χ1v) is 36.0. The lowest BCUT2D eigenvalue weighted by molar-refractivity contribution is -0.146. The van der Waals surface area contributed by atoms with Crippen molar-refractivity contribution in [1.29, 1.82) is 10.8 Å². The van der Waals surface area contributed by atoms with Crippen LogP contribution in [0, 0.1) is 10.8 Å². The first-order valence-electron chi connectivity index (χ1n) is 34.7. The molecule has 13 amide bonds. The number of para-hydroxylation sites is 1. The summed E-state index contributed by atoms with van der Waals surface area (Å²) in [6.45, 7) is -0.903. The summed E-state index contributed by atoms with van der Waals surface area (Å²) >= 11 is 8.34. The van der Waals surface area contributed by atoms with Crippen molar-refractivity contribution >= 4 is 131 Å². The quantitative estimate of drug-likeness (QED) is 0.00806. The summed E-state index contributed by atoms with van der Waals surface area (Å²) in [4.78, 5) is 199. The number of nitrogens with zero attached hydrogens (tertiary/aromatic N) is 1. The molecule has 0 spiro atoms. The van der Waals surface area contributed by atoms with Crippen molar-refractivity contribution < 1.29 is 82.1 Å². The number of carboxylic acid groups (broad SMARTS) is 1. The van der Waals surface area contributed by atoms with Crippen LogP contribution in [-0.2, 0) is 73.5 Å². The number of aliphatic carboxylic acids is 1. The van der Waals surface area contributed by atoms with E-state index < -0.39 is 194 Å². The third kappa shape index (κ3) is 24.0. The largest absolute Gasteiger partial charge is 0.481 e. The molecule has 1 fully saturated rings. The molecule has 0 bridgehead atoms. The average Bonchev–Trinajstić information content (AvgIpc) is 1.62. The van der Waals surface area contributed by atoms with E-state index in [1.54, 1.807) is 30.5 Å². The fraction of sp³-hybridized carbons (Fsp3) is 0.449. The van der Waals surface area contributed by atoms with Crippen LogP contribution in [0.5, 0.6) is 0 Å². The predicted octanol–water partition coefficient (Wildman–Crippen LogP) is -4.20. The average molecular weight is 1540 g/mol. The van der Waals surface area contributed by atoms with Crippen molar-refractivity contribution in [3.05, 3.63) is 108 Å². The van der Waals surface area contributed by atoms with Crippen LogP contribution in [0.15, 0.2) is 91.1 Å². The molecule has 3 heterocycles. The molecule has 37 nitrogen and oxygen atoms in total. The third-order valence-corrected chi connectivity index (χ3v) is 18.7. The highest BCUT2D eigenvalue weighted by Gasteiger charge is 2.42. The maximum Gasteiger partial charge on any atom is 0.407 e. The van der Waals surface area contributed by atoms with Crippen molar-refractivity contribution in [2.75, 3.05) is 50.9 Å². The van der Waals surface area contributed by atoms with Gasteiger partial charge in [-0.05, 0) is 92.2 Å².